The van der Waals surface area contributed by atoms with Crippen LogP contribution in [0.4, 0.5) is 8.78 Å². The van der Waals surface area contributed by atoms with Crippen molar-refractivity contribution in [3.8, 4) is 0 Å². The number of pyridine rings is 1. The predicted octanol–water partition coefficient (Wildman–Crippen LogP) is 3.21. The molecule has 0 fully saturated rings. The van der Waals surface area contributed by atoms with E-state index in [0.717, 1.165) is 17.5 Å². The van der Waals surface area contributed by atoms with Crippen molar-refractivity contribution in [2.45, 2.75) is 6.54 Å². The van der Waals surface area contributed by atoms with Gasteiger partial charge >= 0.3 is 0 Å². The maximum absolute atomic E-state index is 13.6. The number of nitrogens with zero attached hydrogens (tertiary/aromatic N) is 3. The molecular weight excluding hydrogens is 272 g/mol. The van der Waals surface area contributed by atoms with Gasteiger partial charge in [-0.25, -0.2) is 13.8 Å². The van der Waals surface area contributed by atoms with Crippen LogP contribution in [0.2, 0.25) is 5.15 Å². The van der Waals surface area contributed by atoms with Gasteiger partial charge in [0.05, 0.1) is 18.3 Å². The highest BCUT2D eigenvalue weighted by Crippen LogP contribution is 2.18. The van der Waals surface area contributed by atoms with Gasteiger partial charge in [0, 0.05) is 29.3 Å². The number of benzene rings is 1. The predicted molar refractivity (Wildman–Crippen MR) is 66.8 cm³/mol. The summed E-state index contributed by atoms with van der Waals surface area (Å²) in [6.07, 6.45) is 3.17. The molecule has 6 heteroatoms. The average molecular weight is 279 g/mol. The number of hydrogen-bond acceptors (Lipinski definition) is 2. The highest BCUT2D eigenvalue weighted by molar-refractivity contribution is 6.29. The first-order valence-electron chi connectivity index (χ1n) is 5.47. The Morgan fingerprint density at radius 1 is 1.26 bits per heavy atom. The fourth-order valence-corrected chi connectivity index (χ4v) is 1.98. The van der Waals surface area contributed by atoms with Gasteiger partial charge in [0.15, 0.2) is 0 Å². The van der Waals surface area contributed by atoms with Gasteiger partial charge in [-0.3, -0.25) is 4.68 Å². The van der Waals surface area contributed by atoms with E-state index in [9.17, 15) is 8.78 Å². The van der Waals surface area contributed by atoms with Crippen molar-refractivity contribution in [3.63, 3.8) is 0 Å². The van der Waals surface area contributed by atoms with Crippen LogP contribution in [0, 0.1) is 17.7 Å². The maximum atomic E-state index is 13.6. The van der Waals surface area contributed by atoms with Crippen molar-refractivity contribution in [2.75, 3.05) is 0 Å². The normalized spacial score (nSPS) is 11.1. The first-order valence-corrected chi connectivity index (χ1v) is 5.84. The highest BCUT2D eigenvalue weighted by Gasteiger charge is 2.09. The first kappa shape index (κ1) is 12.0. The van der Waals surface area contributed by atoms with Crippen LogP contribution in [-0.2, 0) is 6.54 Å². The van der Waals surface area contributed by atoms with Gasteiger partial charge in [-0.1, -0.05) is 11.6 Å². The zero-order valence-corrected chi connectivity index (χ0v) is 10.3. The molecule has 3 rings (SSSR count). The Kier molecular flexibility index (Phi) is 2.91. The molecule has 2 aromatic heterocycles. The van der Waals surface area contributed by atoms with E-state index < -0.39 is 11.6 Å². The molecule has 3 aromatic rings. The lowest BCUT2D eigenvalue weighted by molar-refractivity contribution is 0.568. The van der Waals surface area contributed by atoms with Gasteiger partial charge in [0.1, 0.15) is 16.8 Å². The Bertz CT molecular complexity index is 755. The summed E-state index contributed by atoms with van der Waals surface area (Å²) in [5.41, 5.74) is 0.815. The van der Waals surface area contributed by atoms with Crippen LogP contribution in [0.1, 0.15) is 5.56 Å². The average Bonchev–Trinajstić information content (AvgIpc) is 2.77. The molecule has 0 spiro atoms. The maximum Gasteiger partial charge on any atom is 0.131 e. The molecule has 0 aliphatic carbocycles. The van der Waals surface area contributed by atoms with Crippen LogP contribution < -0.4 is 0 Å². The van der Waals surface area contributed by atoms with E-state index in [1.807, 2.05) is 0 Å². The minimum Gasteiger partial charge on any atom is -0.260 e. The molecule has 0 saturated heterocycles. The van der Waals surface area contributed by atoms with E-state index in [4.69, 9.17) is 11.6 Å². The third-order valence-electron chi connectivity index (χ3n) is 2.74. The SMILES string of the molecule is Fc1[c]c(Cn2ncc3cnc(Cl)cc32)c(F)cc1. The molecule has 1 radical (unpaired) electrons. The quantitative estimate of drug-likeness (QED) is 0.674. The van der Waals surface area contributed by atoms with E-state index in [0.29, 0.717) is 10.7 Å². The van der Waals surface area contributed by atoms with E-state index in [-0.39, 0.29) is 12.1 Å². The Morgan fingerprint density at radius 2 is 2.11 bits per heavy atom. The number of halogens is 3. The van der Waals surface area contributed by atoms with Crippen LogP contribution >= 0.6 is 11.6 Å². The third-order valence-corrected chi connectivity index (χ3v) is 2.94. The summed E-state index contributed by atoms with van der Waals surface area (Å²) in [5.74, 6) is -1.13. The molecule has 0 bridgehead atoms. The molecule has 95 valence electrons. The van der Waals surface area contributed by atoms with E-state index in [1.165, 1.54) is 4.68 Å². The molecule has 3 nitrogen and oxygen atoms in total. The minimum atomic E-state index is -0.604. The monoisotopic (exact) mass is 278 g/mol. The largest absolute Gasteiger partial charge is 0.260 e. The molecule has 0 aliphatic rings. The number of aromatic nitrogens is 3. The van der Waals surface area contributed by atoms with E-state index >= 15 is 0 Å². The number of fused-ring (bicyclic) bond motifs is 1. The molecule has 19 heavy (non-hydrogen) atoms. The van der Waals surface area contributed by atoms with E-state index in [1.54, 1.807) is 18.5 Å². The Hall–Kier alpha value is -2.01. The summed E-state index contributed by atoms with van der Waals surface area (Å²) in [6, 6.07) is 6.07. The molecule has 1 aromatic carbocycles. The smallest absolute Gasteiger partial charge is 0.131 e. The highest BCUT2D eigenvalue weighted by atomic mass is 35.5. The third kappa shape index (κ3) is 2.29. The standard InChI is InChI=1S/C13H7ClF2N3/c14-13-4-12-9(5-17-13)6-18-19(12)7-8-3-10(15)1-2-11(8)16/h1-2,4-6H,7H2. The van der Waals surface area contributed by atoms with Crippen LogP contribution in [0.15, 0.2) is 30.6 Å². The summed E-state index contributed by atoms with van der Waals surface area (Å²) in [7, 11) is 0. The molecule has 0 unspecified atom stereocenters. The number of hydrogen-bond donors (Lipinski definition) is 0. The Balaban J connectivity index is 2.05. The van der Waals surface area contributed by atoms with Gasteiger partial charge < -0.3 is 0 Å². The molecule has 2 heterocycles. The molecule has 0 N–H and O–H groups in total. The number of rotatable bonds is 2. The van der Waals surface area contributed by atoms with Crippen LogP contribution in [0.5, 0.6) is 0 Å². The molecule has 0 amide bonds. The summed E-state index contributed by atoms with van der Waals surface area (Å²) in [6.45, 7) is 0.0768. The second-order valence-corrected chi connectivity index (χ2v) is 4.39. The second kappa shape index (κ2) is 4.59. The molecular formula is C13H7ClF2N3. The zero-order valence-electron chi connectivity index (χ0n) is 9.57. The molecule has 0 aliphatic heterocycles. The summed E-state index contributed by atoms with van der Waals surface area (Å²) >= 11 is 5.81. The van der Waals surface area contributed by atoms with Crippen LogP contribution in [0.3, 0.4) is 0 Å². The van der Waals surface area contributed by atoms with Crippen molar-refractivity contribution >= 4 is 22.5 Å². The second-order valence-electron chi connectivity index (χ2n) is 4.00. The summed E-state index contributed by atoms with van der Waals surface area (Å²) in [4.78, 5) is 3.93. The topological polar surface area (TPSA) is 30.7 Å². The summed E-state index contributed by atoms with van der Waals surface area (Å²) in [5, 5.41) is 5.21. The fraction of sp³-hybridized carbons (Fsp3) is 0.0769. The van der Waals surface area contributed by atoms with Crippen molar-refractivity contribution < 1.29 is 8.78 Å². The Morgan fingerprint density at radius 3 is 2.95 bits per heavy atom. The van der Waals surface area contributed by atoms with Crippen LogP contribution in [0.25, 0.3) is 10.9 Å². The van der Waals surface area contributed by atoms with Gasteiger partial charge in [-0.15, -0.1) is 0 Å². The van der Waals surface area contributed by atoms with Gasteiger partial charge in [-0.2, -0.15) is 5.10 Å². The van der Waals surface area contributed by atoms with Crippen molar-refractivity contribution in [3.05, 3.63) is 59.0 Å². The molecule has 0 atom stereocenters. The Labute approximate surface area is 112 Å². The summed E-state index contributed by atoms with van der Waals surface area (Å²) < 4.78 is 28.2. The molecule has 0 saturated carbocycles. The first-order chi connectivity index (χ1) is 9.13. The van der Waals surface area contributed by atoms with Gasteiger partial charge in [0.25, 0.3) is 0 Å². The minimum absolute atomic E-state index is 0.0768. The van der Waals surface area contributed by atoms with E-state index in [2.05, 4.69) is 16.1 Å². The van der Waals surface area contributed by atoms with Crippen molar-refractivity contribution in [2.24, 2.45) is 0 Å². The fourth-order valence-electron chi connectivity index (χ4n) is 1.83. The lowest BCUT2D eigenvalue weighted by atomic mass is 10.2. The van der Waals surface area contributed by atoms with Gasteiger partial charge in [-0.05, 0) is 12.1 Å². The lowest BCUT2D eigenvalue weighted by Gasteiger charge is -2.05. The zero-order chi connectivity index (χ0) is 13.4. The van der Waals surface area contributed by atoms with Crippen LogP contribution in [-0.4, -0.2) is 14.8 Å². The lowest BCUT2D eigenvalue weighted by Crippen LogP contribution is -2.04. The van der Waals surface area contributed by atoms with Crippen molar-refractivity contribution in [1.82, 2.24) is 14.8 Å². The van der Waals surface area contributed by atoms with Crippen molar-refractivity contribution in [1.29, 1.82) is 0 Å². The van der Waals surface area contributed by atoms with Gasteiger partial charge in [0.2, 0.25) is 0 Å².